The molecule has 1 atom stereocenters. The van der Waals surface area contributed by atoms with Gasteiger partial charge >= 0.3 is 0 Å². The molecule has 1 aliphatic rings. The summed E-state index contributed by atoms with van der Waals surface area (Å²) in [5, 5.41) is 9.47. The predicted octanol–water partition coefficient (Wildman–Crippen LogP) is -0.128. The summed E-state index contributed by atoms with van der Waals surface area (Å²) in [5.74, 6) is 0. The molecule has 0 saturated carbocycles. The van der Waals surface area contributed by atoms with Crippen molar-refractivity contribution in [1.29, 1.82) is 0 Å². The molecule has 0 aromatic carbocycles. The van der Waals surface area contributed by atoms with Crippen LogP contribution in [0.25, 0.3) is 0 Å². The van der Waals surface area contributed by atoms with Gasteiger partial charge < -0.3 is 10.8 Å². The van der Waals surface area contributed by atoms with E-state index in [0.29, 0.717) is 13.1 Å². The molecule has 0 bridgehead atoms. The molecule has 2 rings (SSSR count). The van der Waals surface area contributed by atoms with Crippen molar-refractivity contribution in [2.24, 2.45) is 5.73 Å². The molecule has 3 N–H and O–H groups in total. The highest BCUT2D eigenvalue weighted by Crippen LogP contribution is 2.15. The van der Waals surface area contributed by atoms with Crippen molar-refractivity contribution in [3.63, 3.8) is 0 Å². The minimum absolute atomic E-state index is 0. The van der Waals surface area contributed by atoms with Gasteiger partial charge in [0.15, 0.2) is 0 Å². The fourth-order valence-electron chi connectivity index (χ4n) is 1.94. The van der Waals surface area contributed by atoms with Crippen LogP contribution in [-0.4, -0.2) is 40.7 Å². The van der Waals surface area contributed by atoms with E-state index in [1.165, 1.54) is 5.56 Å². The molecule has 0 radical (unpaired) electrons. The number of aliphatic hydroxyl groups excluding tert-OH is 1. The summed E-state index contributed by atoms with van der Waals surface area (Å²) in [6.45, 7) is 2.78. The molecule has 4 nitrogen and oxygen atoms in total. The maximum atomic E-state index is 9.47. The molecule has 0 spiro atoms. The summed E-state index contributed by atoms with van der Waals surface area (Å²) < 4.78 is 0. The lowest BCUT2D eigenvalue weighted by Crippen LogP contribution is -2.39. The summed E-state index contributed by atoms with van der Waals surface area (Å²) >= 11 is 0. The van der Waals surface area contributed by atoms with Gasteiger partial charge in [0.05, 0.1) is 11.8 Å². The zero-order valence-corrected chi connectivity index (χ0v) is 10.3. The van der Waals surface area contributed by atoms with Gasteiger partial charge in [0, 0.05) is 32.4 Å². The second kappa shape index (κ2) is 6.20. The van der Waals surface area contributed by atoms with E-state index in [9.17, 15) is 5.11 Å². The van der Waals surface area contributed by atoms with Crippen molar-refractivity contribution in [2.75, 3.05) is 19.6 Å². The lowest BCUT2D eigenvalue weighted by Gasteiger charge is -2.29. The number of fused-ring (bicyclic) bond motifs is 1. The highest BCUT2D eigenvalue weighted by Gasteiger charge is 2.18. The zero-order valence-electron chi connectivity index (χ0n) is 9.26. The Kier molecular flexibility index (Phi) is 5.21. The Morgan fingerprint density at radius 1 is 1.56 bits per heavy atom. The number of hydrogen-bond donors (Lipinski definition) is 2. The van der Waals surface area contributed by atoms with E-state index in [1.807, 2.05) is 12.3 Å². The van der Waals surface area contributed by atoms with E-state index in [0.717, 1.165) is 25.2 Å². The molecule has 16 heavy (non-hydrogen) atoms. The third kappa shape index (κ3) is 3.18. The minimum atomic E-state index is -0.421. The zero-order chi connectivity index (χ0) is 10.7. The van der Waals surface area contributed by atoms with Crippen molar-refractivity contribution in [3.05, 3.63) is 29.6 Å². The van der Waals surface area contributed by atoms with Crippen LogP contribution in [0.2, 0.25) is 0 Å². The van der Waals surface area contributed by atoms with Crippen LogP contribution >= 0.6 is 13.5 Å². The maximum absolute atomic E-state index is 9.47. The standard InChI is InChI=1S/C11H17N3O.H2S/c12-6-10(15)7-14-5-3-9-2-1-4-13-11(9)8-14;/h1-2,4,10,15H,3,5-8,12H2;1H2/t10-;/m0./s1. The number of rotatable bonds is 3. The van der Waals surface area contributed by atoms with E-state index >= 15 is 0 Å². The van der Waals surface area contributed by atoms with Crippen molar-refractivity contribution in [3.8, 4) is 0 Å². The molecular formula is C11H19N3OS. The predicted molar refractivity (Wildman–Crippen MR) is 68.7 cm³/mol. The Balaban J connectivity index is 0.00000128. The molecule has 0 fully saturated rings. The van der Waals surface area contributed by atoms with Gasteiger partial charge in [-0.2, -0.15) is 13.5 Å². The lowest BCUT2D eigenvalue weighted by atomic mass is 10.1. The summed E-state index contributed by atoms with van der Waals surface area (Å²) in [7, 11) is 0. The molecule has 0 saturated heterocycles. The summed E-state index contributed by atoms with van der Waals surface area (Å²) in [6, 6.07) is 4.10. The second-order valence-corrected chi connectivity index (χ2v) is 3.98. The van der Waals surface area contributed by atoms with Crippen LogP contribution < -0.4 is 5.73 Å². The molecule has 1 aliphatic heterocycles. The average molecular weight is 241 g/mol. The smallest absolute Gasteiger partial charge is 0.0789 e. The molecule has 0 aliphatic carbocycles. The Bertz CT molecular complexity index is 335. The van der Waals surface area contributed by atoms with Crippen molar-refractivity contribution in [1.82, 2.24) is 9.88 Å². The van der Waals surface area contributed by atoms with Gasteiger partial charge in [0.1, 0.15) is 0 Å². The van der Waals surface area contributed by atoms with E-state index in [-0.39, 0.29) is 13.5 Å². The first-order chi connectivity index (χ1) is 7.29. The number of pyridine rings is 1. The average Bonchev–Trinajstić information content (AvgIpc) is 2.29. The van der Waals surface area contributed by atoms with Crippen molar-refractivity contribution in [2.45, 2.75) is 19.1 Å². The van der Waals surface area contributed by atoms with Gasteiger partial charge in [-0.25, -0.2) is 0 Å². The minimum Gasteiger partial charge on any atom is -0.390 e. The second-order valence-electron chi connectivity index (χ2n) is 3.98. The maximum Gasteiger partial charge on any atom is 0.0789 e. The molecule has 1 aromatic heterocycles. The van der Waals surface area contributed by atoms with Gasteiger partial charge in [-0.3, -0.25) is 9.88 Å². The first kappa shape index (κ1) is 13.4. The fourth-order valence-corrected chi connectivity index (χ4v) is 1.94. The molecule has 0 amide bonds. The summed E-state index contributed by atoms with van der Waals surface area (Å²) in [4.78, 5) is 6.55. The molecule has 2 heterocycles. The monoisotopic (exact) mass is 241 g/mol. The Labute approximate surface area is 103 Å². The van der Waals surface area contributed by atoms with Crippen LogP contribution in [0.1, 0.15) is 11.3 Å². The molecule has 0 unspecified atom stereocenters. The quantitative estimate of drug-likeness (QED) is 0.774. The van der Waals surface area contributed by atoms with Crippen LogP contribution in [0.5, 0.6) is 0 Å². The van der Waals surface area contributed by atoms with Gasteiger partial charge in [-0.1, -0.05) is 6.07 Å². The topological polar surface area (TPSA) is 62.4 Å². The summed E-state index contributed by atoms with van der Waals surface area (Å²) in [5.41, 5.74) is 7.85. The fraction of sp³-hybridized carbons (Fsp3) is 0.545. The third-order valence-electron chi connectivity index (χ3n) is 2.80. The van der Waals surface area contributed by atoms with Gasteiger partial charge in [-0.15, -0.1) is 0 Å². The number of β-amino-alcohol motifs (C(OH)–C–C–N with tert-alkyl or cyclic N) is 1. The van der Waals surface area contributed by atoms with Crippen LogP contribution in [-0.2, 0) is 13.0 Å². The van der Waals surface area contributed by atoms with Crippen LogP contribution in [0.4, 0.5) is 0 Å². The highest BCUT2D eigenvalue weighted by atomic mass is 32.1. The molecule has 1 aromatic rings. The number of hydrogen-bond acceptors (Lipinski definition) is 4. The molecule has 5 heteroatoms. The SMILES string of the molecule is NC[C@H](O)CN1CCc2cccnc2C1.S. The number of nitrogens with two attached hydrogens (primary N) is 1. The van der Waals surface area contributed by atoms with Gasteiger partial charge in [-0.05, 0) is 18.1 Å². The summed E-state index contributed by atoms with van der Waals surface area (Å²) in [6.07, 6.45) is 2.41. The van der Waals surface area contributed by atoms with Crippen molar-refractivity contribution >= 4 is 13.5 Å². The normalized spacial score (nSPS) is 17.4. The largest absolute Gasteiger partial charge is 0.390 e. The number of aliphatic hydroxyl groups is 1. The first-order valence-electron chi connectivity index (χ1n) is 5.33. The van der Waals surface area contributed by atoms with E-state index < -0.39 is 6.10 Å². The number of nitrogens with zero attached hydrogens (tertiary/aromatic N) is 2. The van der Waals surface area contributed by atoms with Crippen LogP contribution in [0.15, 0.2) is 18.3 Å². The van der Waals surface area contributed by atoms with Gasteiger partial charge in [0.25, 0.3) is 0 Å². The van der Waals surface area contributed by atoms with Crippen LogP contribution in [0, 0.1) is 0 Å². The lowest BCUT2D eigenvalue weighted by molar-refractivity contribution is 0.110. The Morgan fingerprint density at radius 3 is 3.12 bits per heavy atom. The highest BCUT2D eigenvalue weighted by molar-refractivity contribution is 7.59. The van der Waals surface area contributed by atoms with Gasteiger partial charge in [0.2, 0.25) is 0 Å². The first-order valence-corrected chi connectivity index (χ1v) is 5.33. The van der Waals surface area contributed by atoms with Crippen LogP contribution in [0.3, 0.4) is 0 Å². The van der Waals surface area contributed by atoms with Crippen molar-refractivity contribution < 1.29 is 5.11 Å². The van der Waals surface area contributed by atoms with E-state index in [1.54, 1.807) is 0 Å². The molecular weight excluding hydrogens is 222 g/mol. The van der Waals surface area contributed by atoms with E-state index in [2.05, 4.69) is 16.0 Å². The Morgan fingerprint density at radius 2 is 2.38 bits per heavy atom. The van der Waals surface area contributed by atoms with E-state index in [4.69, 9.17) is 5.73 Å². The number of aromatic nitrogens is 1. The Hall–Kier alpha value is -0.620. The third-order valence-corrected chi connectivity index (χ3v) is 2.80. The molecule has 90 valence electrons.